The maximum Gasteiger partial charge on any atom is 0.469 e. The predicted octanol–water partition coefficient (Wildman–Crippen LogP) is -0.655. The van der Waals surface area contributed by atoms with Crippen LogP contribution in [-0.4, -0.2) is 43.3 Å². The first-order chi connectivity index (χ1) is 11.2. The predicted molar refractivity (Wildman–Crippen MR) is 82.6 cm³/mol. The highest BCUT2D eigenvalue weighted by atomic mass is 31.2. The summed E-state index contributed by atoms with van der Waals surface area (Å²) in [5.74, 6) is 5.23. The van der Waals surface area contributed by atoms with Crippen LogP contribution >= 0.6 is 7.82 Å². The molecule has 1 aliphatic rings. The monoisotopic (exact) mass is 359 g/mol. The highest BCUT2D eigenvalue weighted by molar-refractivity contribution is 7.46. The number of aromatic nitrogens is 2. The van der Waals surface area contributed by atoms with Crippen molar-refractivity contribution >= 4 is 13.6 Å². The zero-order chi connectivity index (χ0) is 17.9. The SMILES string of the molecule is CC1OC(n2cc(C#CCCOP(=O)(O)O)c(N)nc2=O)CC1O. The summed E-state index contributed by atoms with van der Waals surface area (Å²) in [6.07, 6.45) is -0.0573. The molecular weight excluding hydrogens is 341 g/mol. The van der Waals surface area contributed by atoms with E-state index in [0.717, 1.165) is 0 Å². The van der Waals surface area contributed by atoms with E-state index in [1.54, 1.807) is 6.92 Å². The van der Waals surface area contributed by atoms with E-state index in [9.17, 15) is 14.5 Å². The zero-order valence-electron chi connectivity index (χ0n) is 12.8. The number of hydrogen-bond donors (Lipinski definition) is 4. The molecule has 0 aliphatic carbocycles. The molecule has 132 valence electrons. The molecule has 1 aromatic rings. The number of nitrogen functional groups attached to an aromatic ring is 1. The van der Waals surface area contributed by atoms with Gasteiger partial charge in [-0.25, -0.2) is 9.36 Å². The Morgan fingerprint density at radius 3 is 2.88 bits per heavy atom. The first-order valence-electron chi connectivity index (χ1n) is 7.08. The standard InChI is InChI=1S/C13H18N3O7P/c1-8-10(17)6-11(23-8)16-7-9(12(14)15-13(16)18)4-2-3-5-22-24(19,20)21/h7-8,10-11,17H,3,5-6H2,1H3,(H2,14,15,18)(H2,19,20,21). The van der Waals surface area contributed by atoms with E-state index >= 15 is 0 Å². The van der Waals surface area contributed by atoms with Gasteiger partial charge in [-0.1, -0.05) is 11.8 Å². The Labute approximate surface area is 137 Å². The van der Waals surface area contributed by atoms with Crippen molar-refractivity contribution in [2.45, 2.75) is 38.2 Å². The minimum atomic E-state index is -4.52. The van der Waals surface area contributed by atoms with Gasteiger partial charge in [-0.15, -0.1) is 0 Å². The summed E-state index contributed by atoms with van der Waals surface area (Å²) in [6, 6.07) is 0. The zero-order valence-corrected chi connectivity index (χ0v) is 13.7. The summed E-state index contributed by atoms with van der Waals surface area (Å²) in [5.41, 5.74) is 5.31. The van der Waals surface area contributed by atoms with E-state index in [1.165, 1.54) is 10.8 Å². The van der Waals surface area contributed by atoms with Crippen LogP contribution in [0, 0.1) is 11.8 Å². The van der Waals surface area contributed by atoms with Crippen LogP contribution in [0.25, 0.3) is 0 Å². The third-order valence-electron chi connectivity index (χ3n) is 3.36. The van der Waals surface area contributed by atoms with Crippen molar-refractivity contribution in [3.63, 3.8) is 0 Å². The lowest BCUT2D eigenvalue weighted by Gasteiger charge is -2.14. The number of ether oxygens (including phenoxy) is 1. The molecule has 0 radical (unpaired) electrons. The van der Waals surface area contributed by atoms with Crippen molar-refractivity contribution in [1.29, 1.82) is 0 Å². The van der Waals surface area contributed by atoms with Gasteiger partial charge in [-0.05, 0) is 6.92 Å². The normalized spacial score (nSPS) is 23.8. The minimum absolute atomic E-state index is 0.0549. The molecule has 3 unspecified atom stereocenters. The number of rotatable bonds is 4. The number of anilines is 1. The second-order valence-corrected chi connectivity index (χ2v) is 6.44. The maximum atomic E-state index is 11.9. The van der Waals surface area contributed by atoms with E-state index in [1.807, 2.05) is 0 Å². The van der Waals surface area contributed by atoms with Gasteiger partial charge < -0.3 is 25.4 Å². The molecule has 1 fully saturated rings. The average Bonchev–Trinajstić information content (AvgIpc) is 2.79. The largest absolute Gasteiger partial charge is 0.469 e. The molecule has 1 aromatic heterocycles. The molecule has 2 heterocycles. The fraction of sp³-hybridized carbons (Fsp3) is 0.538. The highest BCUT2D eigenvalue weighted by Crippen LogP contribution is 2.35. The van der Waals surface area contributed by atoms with Gasteiger partial charge in [-0.3, -0.25) is 9.09 Å². The Balaban J connectivity index is 2.13. The van der Waals surface area contributed by atoms with Crippen LogP contribution in [0.1, 0.15) is 31.6 Å². The molecule has 10 nitrogen and oxygen atoms in total. The number of aliphatic hydroxyl groups is 1. The third-order valence-corrected chi connectivity index (χ3v) is 3.88. The summed E-state index contributed by atoms with van der Waals surface area (Å²) >= 11 is 0. The summed E-state index contributed by atoms with van der Waals surface area (Å²) in [7, 11) is -4.52. The molecule has 0 aromatic carbocycles. The first-order valence-corrected chi connectivity index (χ1v) is 8.61. The molecule has 1 saturated heterocycles. The van der Waals surface area contributed by atoms with Crippen molar-refractivity contribution < 1.29 is 28.7 Å². The van der Waals surface area contributed by atoms with E-state index < -0.39 is 31.9 Å². The molecule has 5 N–H and O–H groups in total. The molecule has 0 spiro atoms. The molecule has 1 aliphatic heterocycles. The Morgan fingerprint density at radius 1 is 1.58 bits per heavy atom. The molecule has 24 heavy (non-hydrogen) atoms. The molecule has 0 amide bonds. The molecule has 11 heteroatoms. The lowest BCUT2D eigenvalue weighted by atomic mass is 10.2. The van der Waals surface area contributed by atoms with Gasteiger partial charge in [0.15, 0.2) is 0 Å². The van der Waals surface area contributed by atoms with Crippen molar-refractivity contribution in [3.05, 3.63) is 22.2 Å². The Morgan fingerprint density at radius 2 is 2.29 bits per heavy atom. The molecule has 0 saturated carbocycles. The summed E-state index contributed by atoms with van der Waals surface area (Å²) in [5, 5.41) is 9.72. The van der Waals surface area contributed by atoms with Crippen molar-refractivity contribution in [1.82, 2.24) is 9.55 Å². The topological polar surface area (TPSA) is 157 Å². The van der Waals surface area contributed by atoms with Gasteiger partial charge in [0.1, 0.15) is 12.0 Å². The summed E-state index contributed by atoms with van der Waals surface area (Å²) in [4.78, 5) is 32.7. The highest BCUT2D eigenvalue weighted by Gasteiger charge is 2.32. The quantitative estimate of drug-likeness (QED) is 0.311. The average molecular weight is 359 g/mol. The Bertz CT molecular complexity index is 753. The number of aliphatic hydroxyl groups excluding tert-OH is 1. The smallest absolute Gasteiger partial charge is 0.390 e. The fourth-order valence-electron chi connectivity index (χ4n) is 2.13. The van der Waals surface area contributed by atoms with E-state index in [0.29, 0.717) is 0 Å². The van der Waals surface area contributed by atoms with Crippen LogP contribution in [-0.2, 0) is 13.8 Å². The number of hydrogen-bond acceptors (Lipinski definition) is 7. The summed E-state index contributed by atoms with van der Waals surface area (Å²) < 4.78 is 21.5. The lowest BCUT2D eigenvalue weighted by Crippen LogP contribution is -2.28. The van der Waals surface area contributed by atoms with Crippen LogP contribution in [0.15, 0.2) is 11.0 Å². The maximum absolute atomic E-state index is 11.9. The number of phosphoric ester groups is 1. The van der Waals surface area contributed by atoms with Gasteiger partial charge in [0.05, 0.1) is 24.4 Å². The first kappa shape index (κ1) is 18.6. The van der Waals surface area contributed by atoms with Gasteiger partial charge in [-0.2, -0.15) is 4.98 Å². The van der Waals surface area contributed by atoms with Crippen molar-refractivity contribution in [2.75, 3.05) is 12.3 Å². The number of phosphoric acid groups is 1. The van der Waals surface area contributed by atoms with E-state index in [2.05, 4.69) is 21.3 Å². The second-order valence-electron chi connectivity index (χ2n) is 5.20. The van der Waals surface area contributed by atoms with Crippen LogP contribution in [0.2, 0.25) is 0 Å². The molecule has 3 atom stereocenters. The molecule has 2 rings (SSSR count). The second kappa shape index (κ2) is 7.44. The van der Waals surface area contributed by atoms with Crippen molar-refractivity contribution in [2.24, 2.45) is 0 Å². The van der Waals surface area contributed by atoms with Gasteiger partial charge in [0.2, 0.25) is 0 Å². The van der Waals surface area contributed by atoms with Crippen molar-refractivity contribution in [3.8, 4) is 11.8 Å². The Hall–Kier alpha value is -1.73. The Kier molecular flexibility index (Phi) is 5.77. The number of nitrogens with two attached hydrogens (primary N) is 1. The van der Waals surface area contributed by atoms with Crippen LogP contribution in [0.3, 0.4) is 0 Å². The van der Waals surface area contributed by atoms with Crippen LogP contribution in [0.4, 0.5) is 5.82 Å². The summed E-state index contributed by atoms with van der Waals surface area (Å²) in [6.45, 7) is 1.45. The molecular formula is C13H18N3O7P. The fourth-order valence-corrected chi connectivity index (χ4v) is 2.46. The van der Waals surface area contributed by atoms with Gasteiger partial charge in [0, 0.05) is 19.0 Å². The lowest BCUT2D eigenvalue weighted by molar-refractivity contribution is -0.0100. The minimum Gasteiger partial charge on any atom is -0.390 e. The van der Waals surface area contributed by atoms with E-state index in [4.69, 9.17) is 20.3 Å². The third kappa shape index (κ3) is 4.88. The van der Waals surface area contributed by atoms with Gasteiger partial charge >= 0.3 is 13.5 Å². The van der Waals surface area contributed by atoms with Gasteiger partial charge in [0.25, 0.3) is 0 Å². The molecule has 0 bridgehead atoms. The van der Waals surface area contributed by atoms with Crippen LogP contribution in [0.5, 0.6) is 0 Å². The van der Waals surface area contributed by atoms with E-state index in [-0.39, 0.29) is 30.8 Å². The number of nitrogens with zero attached hydrogens (tertiary/aromatic N) is 2. The van der Waals surface area contributed by atoms with Crippen LogP contribution < -0.4 is 11.4 Å².